The van der Waals surface area contributed by atoms with Gasteiger partial charge in [0.15, 0.2) is 11.0 Å². The summed E-state index contributed by atoms with van der Waals surface area (Å²) in [7, 11) is 1.98. The highest BCUT2D eigenvalue weighted by atomic mass is 79.9. The number of halogens is 1. The summed E-state index contributed by atoms with van der Waals surface area (Å²) < 4.78 is 3.95. The first kappa shape index (κ1) is 12.8. The molecule has 0 bridgehead atoms. The molecule has 4 heteroatoms. The maximum absolute atomic E-state index is 4.52. The van der Waals surface area contributed by atoms with Gasteiger partial charge in [-0.2, -0.15) is 0 Å². The summed E-state index contributed by atoms with van der Waals surface area (Å²) in [4.78, 5) is 0. The van der Waals surface area contributed by atoms with Crippen LogP contribution in [0.2, 0.25) is 0 Å². The molecule has 3 aromatic rings. The summed E-state index contributed by atoms with van der Waals surface area (Å²) in [6, 6.07) is 18.7. The summed E-state index contributed by atoms with van der Waals surface area (Å²) in [6.45, 7) is 0.808. The number of nitrogens with zero attached hydrogens (tertiary/aromatic N) is 3. The molecule has 3 nitrogen and oxygen atoms in total. The molecule has 0 N–H and O–H groups in total. The number of fused-ring (bicyclic) bond motifs is 1. The van der Waals surface area contributed by atoms with Crippen molar-refractivity contribution in [3.05, 3.63) is 60.2 Å². The molecule has 3 rings (SSSR count). The molecule has 0 saturated carbocycles. The minimum atomic E-state index is 0. The zero-order chi connectivity index (χ0) is 11.7. The van der Waals surface area contributed by atoms with Crippen molar-refractivity contribution in [1.82, 2.24) is 9.90 Å². The van der Waals surface area contributed by atoms with E-state index in [0.29, 0.717) is 0 Å². The molecule has 0 unspecified atom stereocenters. The number of benzene rings is 2. The Bertz CT molecular complexity index is 646. The average Bonchev–Trinajstić information content (AvgIpc) is 2.69. The van der Waals surface area contributed by atoms with Crippen LogP contribution in [0.3, 0.4) is 0 Å². The van der Waals surface area contributed by atoms with Gasteiger partial charge in [-0.15, -0.1) is 9.36 Å². The minimum absolute atomic E-state index is 0. The highest BCUT2D eigenvalue weighted by molar-refractivity contribution is 5.70. The van der Waals surface area contributed by atoms with Gasteiger partial charge in [-0.25, -0.2) is 0 Å². The highest BCUT2D eigenvalue weighted by Crippen LogP contribution is 2.10. The van der Waals surface area contributed by atoms with Crippen molar-refractivity contribution in [2.75, 3.05) is 0 Å². The maximum Gasteiger partial charge on any atom is 0.198 e. The normalized spacial score (nSPS) is 10.3. The molecule has 1 aromatic heterocycles. The second-order valence-electron chi connectivity index (χ2n) is 4.15. The van der Waals surface area contributed by atoms with Gasteiger partial charge in [-0.3, -0.25) is 0 Å². The molecule has 0 aliphatic carbocycles. The van der Waals surface area contributed by atoms with Crippen molar-refractivity contribution >= 4 is 11.0 Å². The van der Waals surface area contributed by atoms with Gasteiger partial charge in [-0.1, -0.05) is 42.5 Å². The quantitative estimate of drug-likeness (QED) is 0.552. The molecule has 92 valence electrons. The third-order valence-corrected chi connectivity index (χ3v) is 2.93. The van der Waals surface area contributed by atoms with Gasteiger partial charge in [0.1, 0.15) is 13.6 Å². The SMILES string of the molecule is C[n+]1nn(Cc2ccccc2)c2ccccc21.[Br-]. The molecular formula is C14H14BrN3. The lowest BCUT2D eigenvalue weighted by atomic mass is 10.2. The van der Waals surface area contributed by atoms with Crippen molar-refractivity contribution in [2.24, 2.45) is 7.05 Å². The Hall–Kier alpha value is -1.68. The van der Waals surface area contributed by atoms with Crippen molar-refractivity contribution in [3.8, 4) is 0 Å². The van der Waals surface area contributed by atoms with E-state index in [1.165, 1.54) is 11.1 Å². The summed E-state index contributed by atoms with van der Waals surface area (Å²) in [5, 5.41) is 4.52. The first-order valence-electron chi connectivity index (χ1n) is 5.70. The van der Waals surface area contributed by atoms with E-state index < -0.39 is 0 Å². The lowest BCUT2D eigenvalue weighted by Gasteiger charge is -1.95. The van der Waals surface area contributed by atoms with Gasteiger partial charge in [0.2, 0.25) is 0 Å². The number of aryl methyl sites for hydroxylation is 1. The standard InChI is InChI=1S/C14H14N3.BrH/c1-16-13-9-5-6-10-14(13)17(15-16)11-12-7-3-2-4-8-12;/h2-10H,11H2,1H3;1H/q+1;/p-1. The fourth-order valence-corrected chi connectivity index (χ4v) is 2.09. The lowest BCUT2D eigenvalue weighted by Crippen LogP contribution is -3.00. The van der Waals surface area contributed by atoms with E-state index in [0.717, 1.165) is 12.1 Å². The number of para-hydroxylation sites is 2. The predicted molar refractivity (Wildman–Crippen MR) is 66.5 cm³/mol. The molecule has 2 aromatic carbocycles. The molecule has 0 atom stereocenters. The topological polar surface area (TPSA) is 21.7 Å². The average molecular weight is 304 g/mol. The fraction of sp³-hybridized carbons (Fsp3) is 0.143. The van der Waals surface area contributed by atoms with Gasteiger partial charge in [0, 0.05) is 0 Å². The molecule has 0 aliphatic rings. The third kappa shape index (κ3) is 2.29. The number of hydrogen-bond acceptors (Lipinski definition) is 1. The Morgan fingerprint density at radius 1 is 1.00 bits per heavy atom. The molecule has 1 heterocycles. The summed E-state index contributed by atoms with van der Waals surface area (Å²) in [5.41, 5.74) is 3.59. The van der Waals surface area contributed by atoms with Gasteiger partial charge in [0.05, 0.1) is 5.21 Å². The van der Waals surface area contributed by atoms with E-state index in [1.54, 1.807) is 0 Å². The summed E-state index contributed by atoms with van der Waals surface area (Å²) in [6.07, 6.45) is 0. The predicted octanol–water partition coefficient (Wildman–Crippen LogP) is -1.09. The van der Waals surface area contributed by atoms with E-state index in [1.807, 2.05) is 34.6 Å². The molecule has 0 spiro atoms. The Balaban J connectivity index is 0.00000120. The van der Waals surface area contributed by atoms with Crippen LogP contribution in [0.5, 0.6) is 0 Å². The van der Waals surface area contributed by atoms with Crippen LogP contribution in [-0.2, 0) is 13.6 Å². The number of aromatic nitrogens is 3. The zero-order valence-electron chi connectivity index (χ0n) is 10.1. The van der Waals surface area contributed by atoms with Crippen LogP contribution in [0.25, 0.3) is 11.0 Å². The van der Waals surface area contributed by atoms with Crippen molar-refractivity contribution in [1.29, 1.82) is 0 Å². The van der Waals surface area contributed by atoms with Crippen LogP contribution in [0.1, 0.15) is 5.56 Å². The van der Waals surface area contributed by atoms with Gasteiger partial charge < -0.3 is 17.0 Å². The molecule has 18 heavy (non-hydrogen) atoms. The van der Waals surface area contributed by atoms with Gasteiger partial charge in [0.25, 0.3) is 0 Å². The lowest BCUT2D eigenvalue weighted by molar-refractivity contribution is -0.709. The Morgan fingerprint density at radius 3 is 2.44 bits per heavy atom. The molecule has 0 amide bonds. The van der Waals surface area contributed by atoms with Crippen molar-refractivity contribution in [2.45, 2.75) is 6.54 Å². The first-order valence-corrected chi connectivity index (χ1v) is 5.70. The van der Waals surface area contributed by atoms with E-state index in [4.69, 9.17) is 0 Å². The van der Waals surface area contributed by atoms with Crippen molar-refractivity contribution in [3.63, 3.8) is 0 Å². The summed E-state index contributed by atoms with van der Waals surface area (Å²) >= 11 is 0. The van der Waals surface area contributed by atoms with Crippen LogP contribution in [0, 0.1) is 0 Å². The number of rotatable bonds is 2. The van der Waals surface area contributed by atoms with Gasteiger partial charge >= 0.3 is 0 Å². The van der Waals surface area contributed by atoms with Crippen LogP contribution < -0.4 is 21.7 Å². The second-order valence-corrected chi connectivity index (χ2v) is 4.15. The zero-order valence-corrected chi connectivity index (χ0v) is 11.7. The molecular weight excluding hydrogens is 290 g/mol. The molecule has 0 fully saturated rings. The molecule has 0 radical (unpaired) electrons. The van der Waals surface area contributed by atoms with E-state index in [2.05, 4.69) is 41.6 Å². The van der Waals surface area contributed by atoms with Crippen LogP contribution >= 0.6 is 0 Å². The largest absolute Gasteiger partial charge is 1.00 e. The van der Waals surface area contributed by atoms with Crippen LogP contribution in [0.15, 0.2) is 54.6 Å². The third-order valence-electron chi connectivity index (χ3n) is 2.93. The Morgan fingerprint density at radius 2 is 1.67 bits per heavy atom. The van der Waals surface area contributed by atoms with Crippen LogP contribution in [0.4, 0.5) is 0 Å². The van der Waals surface area contributed by atoms with E-state index in [9.17, 15) is 0 Å². The van der Waals surface area contributed by atoms with Crippen LogP contribution in [-0.4, -0.2) is 9.90 Å². The maximum atomic E-state index is 4.52. The molecule has 0 aliphatic heterocycles. The Kier molecular flexibility index (Phi) is 3.77. The second kappa shape index (κ2) is 5.31. The highest BCUT2D eigenvalue weighted by Gasteiger charge is 2.14. The summed E-state index contributed by atoms with van der Waals surface area (Å²) in [5.74, 6) is 0. The van der Waals surface area contributed by atoms with E-state index >= 15 is 0 Å². The van der Waals surface area contributed by atoms with Gasteiger partial charge in [-0.05, 0) is 17.7 Å². The monoisotopic (exact) mass is 303 g/mol. The van der Waals surface area contributed by atoms with Crippen molar-refractivity contribution < 1.29 is 21.7 Å². The van der Waals surface area contributed by atoms with E-state index in [-0.39, 0.29) is 17.0 Å². The first-order chi connectivity index (χ1) is 8.34. The minimum Gasteiger partial charge on any atom is -1.00 e. The smallest absolute Gasteiger partial charge is 0.198 e. The molecule has 0 saturated heterocycles. The fourth-order valence-electron chi connectivity index (χ4n) is 2.09. The number of hydrogen-bond donors (Lipinski definition) is 0. The Labute approximate surface area is 116 Å².